The summed E-state index contributed by atoms with van der Waals surface area (Å²) >= 11 is 4.18. The number of hydrogen-bond donors (Lipinski definition) is 2. The molecule has 0 spiro atoms. The molecule has 0 aliphatic carbocycles. The Morgan fingerprint density at radius 3 is 2.42 bits per heavy atom. The lowest BCUT2D eigenvalue weighted by Crippen LogP contribution is -2.34. The molecule has 1 rings (SSSR count). The van der Waals surface area contributed by atoms with Crippen molar-refractivity contribution in [2.45, 2.75) is 19.9 Å². The van der Waals surface area contributed by atoms with E-state index in [9.17, 15) is 9.59 Å². The number of carbonyl (C=O) groups excluding carboxylic acids is 2. The van der Waals surface area contributed by atoms with E-state index in [2.05, 4.69) is 55.8 Å². The molecule has 7 heteroatoms. The standard InChI is InChI=1S/C12H14I2N2O3/c1-6(2)15-12(18)16-10-8(11(17)19-3)4-7(13)5-9(10)14/h4-6H,1-3H3,(H2,15,16,18). The van der Waals surface area contributed by atoms with Gasteiger partial charge in [0.2, 0.25) is 0 Å². The van der Waals surface area contributed by atoms with Crippen LogP contribution in [0.3, 0.4) is 0 Å². The molecule has 104 valence electrons. The van der Waals surface area contributed by atoms with Gasteiger partial charge < -0.3 is 15.4 Å². The van der Waals surface area contributed by atoms with E-state index in [4.69, 9.17) is 4.74 Å². The van der Waals surface area contributed by atoms with Gasteiger partial charge in [0.05, 0.1) is 18.4 Å². The van der Waals surface area contributed by atoms with E-state index in [1.807, 2.05) is 19.9 Å². The van der Waals surface area contributed by atoms with E-state index in [0.717, 1.165) is 7.14 Å². The zero-order valence-corrected chi connectivity index (χ0v) is 15.0. The zero-order chi connectivity index (χ0) is 14.6. The highest BCUT2D eigenvalue weighted by atomic mass is 127. The molecule has 5 nitrogen and oxygen atoms in total. The normalized spacial score (nSPS) is 10.2. The molecule has 0 radical (unpaired) electrons. The summed E-state index contributed by atoms with van der Waals surface area (Å²) in [6, 6.07) is 3.22. The van der Waals surface area contributed by atoms with Crippen molar-refractivity contribution in [3.63, 3.8) is 0 Å². The number of methoxy groups -OCH3 is 1. The van der Waals surface area contributed by atoms with Crippen LogP contribution in [0.25, 0.3) is 0 Å². The lowest BCUT2D eigenvalue weighted by Gasteiger charge is -2.14. The monoisotopic (exact) mass is 488 g/mol. The first kappa shape index (κ1) is 16.5. The van der Waals surface area contributed by atoms with Gasteiger partial charge in [0.25, 0.3) is 0 Å². The van der Waals surface area contributed by atoms with Crippen molar-refractivity contribution in [1.29, 1.82) is 0 Å². The summed E-state index contributed by atoms with van der Waals surface area (Å²) in [5.41, 5.74) is 0.809. The van der Waals surface area contributed by atoms with Gasteiger partial charge in [-0.2, -0.15) is 0 Å². The van der Waals surface area contributed by atoms with Gasteiger partial charge in [0.15, 0.2) is 0 Å². The Labute approximate surface area is 139 Å². The van der Waals surface area contributed by atoms with Crippen molar-refractivity contribution in [1.82, 2.24) is 5.32 Å². The first-order valence-corrected chi connectivity index (χ1v) is 7.65. The van der Waals surface area contributed by atoms with Gasteiger partial charge in [0, 0.05) is 13.2 Å². The maximum absolute atomic E-state index is 11.7. The molecule has 19 heavy (non-hydrogen) atoms. The van der Waals surface area contributed by atoms with Crippen LogP contribution in [0.2, 0.25) is 0 Å². The molecule has 0 aromatic heterocycles. The van der Waals surface area contributed by atoms with Crippen molar-refractivity contribution >= 4 is 62.9 Å². The van der Waals surface area contributed by atoms with Crippen LogP contribution in [-0.2, 0) is 4.74 Å². The minimum Gasteiger partial charge on any atom is -0.465 e. The second-order valence-electron chi connectivity index (χ2n) is 4.05. The number of hydrogen-bond acceptors (Lipinski definition) is 3. The van der Waals surface area contributed by atoms with Gasteiger partial charge in [-0.05, 0) is 71.2 Å². The van der Waals surface area contributed by atoms with E-state index in [0.29, 0.717) is 11.3 Å². The topological polar surface area (TPSA) is 67.4 Å². The summed E-state index contributed by atoms with van der Waals surface area (Å²) in [5, 5.41) is 5.40. The average molecular weight is 488 g/mol. The summed E-state index contributed by atoms with van der Waals surface area (Å²) in [6.07, 6.45) is 0. The van der Waals surface area contributed by atoms with Crippen LogP contribution >= 0.6 is 45.2 Å². The highest BCUT2D eigenvalue weighted by molar-refractivity contribution is 14.1. The van der Waals surface area contributed by atoms with E-state index in [-0.39, 0.29) is 12.1 Å². The number of halogens is 2. The number of ether oxygens (including phenoxy) is 1. The summed E-state index contributed by atoms with van der Waals surface area (Å²) in [4.78, 5) is 23.5. The van der Waals surface area contributed by atoms with Crippen molar-refractivity contribution in [3.05, 3.63) is 24.8 Å². The minimum atomic E-state index is -0.476. The fourth-order valence-corrected chi connectivity index (χ4v) is 3.36. The summed E-state index contributed by atoms with van der Waals surface area (Å²) in [6.45, 7) is 3.72. The molecular formula is C12H14I2N2O3. The van der Waals surface area contributed by atoms with Gasteiger partial charge >= 0.3 is 12.0 Å². The summed E-state index contributed by atoms with van der Waals surface area (Å²) < 4.78 is 6.41. The number of amides is 2. The van der Waals surface area contributed by atoms with Crippen LogP contribution in [0.1, 0.15) is 24.2 Å². The highest BCUT2D eigenvalue weighted by Crippen LogP contribution is 2.26. The molecule has 0 aliphatic rings. The first-order chi connectivity index (χ1) is 8.85. The van der Waals surface area contributed by atoms with Crippen molar-refractivity contribution in [2.24, 2.45) is 0 Å². The third-order valence-corrected chi connectivity index (χ3v) is 3.59. The smallest absolute Gasteiger partial charge is 0.340 e. The predicted molar refractivity (Wildman–Crippen MR) is 90.5 cm³/mol. The molecule has 0 aliphatic heterocycles. The maximum atomic E-state index is 11.7. The minimum absolute atomic E-state index is 0.0167. The van der Waals surface area contributed by atoms with Crippen LogP contribution in [0.15, 0.2) is 12.1 Å². The van der Waals surface area contributed by atoms with Crippen LogP contribution in [0, 0.1) is 7.14 Å². The van der Waals surface area contributed by atoms with Crippen LogP contribution in [0.5, 0.6) is 0 Å². The molecule has 0 atom stereocenters. The number of urea groups is 1. The van der Waals surface area contributed by atoms with E-state index in [1.54, 1.807) is 6.07 Å². The van der Waals surface area contributed by atoms with Gasteiger partial charge in [-0.3, -0.25) is 0 Å². The van der Waals surface area contributed by atoms with Gasteiger partial charge in [-0.25, -0.2) is 9.59 Å². The Morgan fingerprint density at radius 2 is 1.89 bits per heavy atom. The number of anilines is 1. The lowest BCUT2D eigenvalue weighted by atomic mass is 10.2. The highest BCUT2D eigenvalue weighted by Gasteiger charge is 2.18. The third kappa shape index (κ3) is 4.79. The predicted octanol–water partition coefficient (Wildman–Crippen LogP) is 3.21. The van der Waals surface area contributed by atoms with Crippen molar-refractivity contribution in [3.8, 4) is 0 Å². The Hall–Kier alpha value is -0.580. The second-order valence-corrected chi connectivity index (χ2v) is 6.46. The van der Waals surface area contributed by atoms with Crippen LogP contribution in [-0.4, -0.2) is 25.2 Å². The molecule has 0 fully saturated rings. The molecule has 1 aromatic carbocycles. The fraction of sp³-hybridized carbons (Fsp3) is 0.333. The van der Waals surface area contributed by atoms with Gasteiger partial charge in [0.1, 0.15) is 0 Å². The fourth-order valence-electron chi connectivity index (χ4n) is 1.38. The van der Waals surface area contributed by atoms with Crippen molar-refractivity contribution in [2.75, 3.05) is 12.4 Å². The SMILES string of the molecule is COC(=O)c1cc(I)cc(I)c1NC(=O)NC(C)C. The van der Waals surface area contributed by atoms with Gasteiger partial charge in [-0.1, -0.05) is 0 Å². The quantitative estimate of drug-likeness (QED) is 0.508. The zero-order valence-electron chi connectivity index (χ0n) is 10.7. The summed E-state index contributed by atoms with van der Waals surface area (Å²) in [7, 11) is 1.31. The number of carbonyl (C=O) groups is 2. The second kappa shape index (κ2) is 7.27. The van der Waals surface area contributed by atoms with E-state index < -0.39 is 5.97 Å². The molecule has 0 heterocycles. The average Bonchev–Trinajstić information content (AvgIpc) is 2.30. The number of rotatable bonds is 3. The molecule has 0 saturated carbocycles. The lowest BCUT2D eigenvalue weighted by molar-refractivity contribution is 0.0602. The Balaban J connectivity index is 3.11. The summed E-state index contributed by atoms with van der Waals surface area (Å²) in [5.74, 6) is -0.476. The Kier molecular flexibility index (Phi) is 6.30. The number of esters is 1. The molecule has 1 aromatic rings. The first-order valence-electron chi connectivity index (χ1n) is 5.50. The molecule has 0 saturated heterocycles. The molecule has 0 unspecified atom stereocenters. The third-order valence-electron chi connectivity index (χ3n) is 2.12. The molecule has 2 amide bonds. The number of benzene rings is 1. The Morgan fingerprint density at radius 1 is 1.26 bits per heavy atom. The van der Waals surface area contributed by atoms with E-state index >= 15 is 0 Å². The molecule has 2 N–H and O–H groups in total. The van der Waals surface area contributed by atoms with Gasteiger partial charge in [-0.15, -0.1) is 0 Å². The van der Waals surface area contributed by atoms with Crippen molar-refractivity contribution < 1.29 is 14.3 Å². The van der Waals surface area contributed by atoms with Crippen LogP contribution < -0.4 is 10.6 Å². The largest absolute Gasteiger partial charge is 0.465 e. The number of nitrogens with one attached hydrogen (secondary N) is 2. The maximum Gasteiger partial charge on any atom is 0.340 e. The molecular weight excluding hydrogens is 474 g/mol. The Bertz CT molecular complexity index is 504. The van der Waals surface area contributed by atoms with E-state index in [1.165, 1.54) is 7.11 Å². The van der Waals surface area contributed by atoms with Crippen LogP contribution in [0.4, 0.5) is 10.5 Å². The molecule has 0 bridgehead atoms.